The highest BCUT2D eigenvalue weighted by Crippen LogP contribution is 2.33. The molecule has 32 heavy (non-hydrogen) atoms. The summed E-state index contributed by atoms with van der Waals surface area (Å²) in [5.41, 5.74) is 6.24. The van der Waals surface area contributed by atoms with Crippen molar-refractivity contribution in [3.05, 3.63) is 65.1 Å². The van der Waals surface area contributed by atoms with Gasteiger partial charge in [0.25, 0.3) is 0 Å². The first-order valence-electron chi connectivity index (χ1n) is 11.9. The quantitative estimate of drug-likeness (QED) is 0.457. The molecule has 0 bridgehead atoms. The van der Waals surface area contributed by atoms with Gasteiger partial charge in [0.15, 0.2) is 0 Å². The number of hydrogen-bond acceptors (Lipinski definition) is 4. The van der Waals surface area contributed by atoms with E-state index >= 15 is 0 Å². The largest absolute Gasteiger partial charge is 0.456 e. The number of rotatable bonds is 6. The van der Waals surface area contributed by atoms with Crippen molar-refractivity contribution in [2.45, 2.75) is 72.6 Å². The highest BCUT2D eigenvalue weighted by atomic mass is 16.5. The Kier molecular flexibility index (Phi) is 8.46. The lowest BCUT2D eigenvalue weighted by Gasteiger charge is -2.26. The Morgan fingerprint density at radius 2 is 1.84 bits per heavy atom. The molecule has 172 valence electrons. The molecule has 1 aliphatic heterocycles. The minimum Gasteiger partial charge on any atom is -0.456 e. The van der Waals surface area contributed by atoms with Gasteiger partial charge in [-0.3, -0.25) is 9.78 Å². The van der Waals surface area contributed by atoms with Gasteiger partial charge in [-0.15, -0.1) is 0 Å². The van der Waals surface area contributed by atoms with Crippen molar-refractivity contribution in [2.75, 3.05) is 13.6 Å². The molecule has 0 aliphatic carbocycles. The number of carbonyl (C=O) groups is 1. The summed E-state index contributed by atoms with van der Waals surface area (Å²) in [4.78, 5) is 18.6. The number of unbranched alkanes of at least 4 members (excludes halogenated alkanes) is 1. The molecule has 1 aromatic carbocycles. The molecule has 1 atom stereocenters. The van der Waals surface area contributed by atoms with Gasteiger partial charge in [-0.1, -0.05) is 45.2 Å². The zero-order valence-corrected chi connectivity index (χ0v) is 20.2. The summed E-state index contributed by atoms with van der Waals surface area (Å²) in [6, 6.07) is 10.5. The van der Waals surface area contributed by atoms with E-state index < -0.39 is 0 Å². The van der Waals surface area contributed by atoms with Crippen molar-refractivity contribution in [3.63, 3.8) is 0 Å². The van der Waals surface area contributed by atoms with Crippen LogP contribution in [0.2, 0.25) is 0 Å². The van der Waals surface area contributed by atoms with Crippen LogP contribution in [0.5, 0.6) is 0 Å². The second kappa shape index (κ2) is 11.3. The molecule has 0 saturated heterocycles. The van der Waals surface area contributed by atoms with Crippen LogP contribution in [0.1, 0.15) is 68.5 Å². The summed E-state index contributed by atoms with van der Waals surface area (Å²) in [6.45, 7) is 10.9. The van der Waals surface area contributed by atoms with Crippen molar-refractivity contribution in [1.29, 1.82) is 0 Å². The van der Waals surface area contributed by atoms with E-state index in [0.717, 1.165) is 25.1 Å². The first-order chi connectivity index (χ1) is 15.5. The molecule has 1 aliphatic rings. The summed E-state index contributed by atoms with van der Waals surface area (Å²) in [5.74, 6) is -0.178. The topological polar surface area (TPSA) is 47.4 Å². The van der Waals surface area contributed by atoms with Gasteiger partial charge in [-0.2, -0.15) is 0 Å². The molecule has 5 nitrogen and oxygen atoms in total. The fraction of sp³-hybridized carbons (Fsp3) is 0.481. The van der Waals surface area contributed by atoms with Gasteiger partial charge in [-0.05, 0) is 49.4 Å². The lowest BCUT2D eigenvalue weighted by Crippen LogP contribution is -2.28. The highest BCUT2D eigenvalue weighted by Gasteiger charge is 2.25. The van der Waals surface area contributed by atoms with E-state index in [4.69, 9.17) is 4.74 Å². The van der Waals surface area contributed by atoms with E-state index in [-0.39, 0.29) is 12.1 Å². The summed E-state index contributed by atoms with van der Waals surface area (Å²) >= 11 is 0. The molecular weight excluding hydrogens is 398 g/mol. The zero-order valence-electron chi connectivity index (χ0n) is 20.2. The van der Waals surface area contributed by atoms with Crippen LogP contribution in [0.25, 0.3) is 10.9 Å². The van der Waals surface area contributed by atoms with Gasteiger partial charge in [-0.25, -0.2) is 0 Å². The Morgan fingerprint density at radius 1 is 1.12 bits per heavy atom. The minimum atomic E-state index is -0.323. The molecule has 3 heterocycles. The van der Waals surface area contributed by atoms with Crippen LogP contribution in [0.4, 0.5) is 0 Å². The number of pyridine rings is 1. The minimum absolute atomic E-state index is 0.178. The Morgan fingerprint density at radius 3 is 2.50 bits per heavy atom. The highest BCUT2D eigenvalue weighted by molar-refractivity contribution is 5.86. The third kappa shape index (κ3) is 5.57. The number of fused-ring (bicyclic) bond motifs is 3. The summed E-state index contributed by atoms with van der Waals surface area (Å²) in [5, 5.41) is 1.32. The standard InChI is InChI=1S/C23H27N3O2.C4H10/c1-4-23(27)28-22(17-7-10-24-11-8-17)15-26-20-6-5-16(2)13-18(20)19-14-25(3)12-9-21(19)26;1-3-4-2/h5-8,10-11,13,22H,4,9,12,14-15H2,1-3H3;3-4H2,1-2H3. The number of likely N-dealkylation sites (N-methyl/N-ethyl adjacent to an activating group) is 1. The molecule has 0 radical (unpaired) electrons. The molecule has 0 N–H and O–H groups in total. The Balaban J connectivity index is 0.000000668. The molecule has 0 amide bonds. The SMILES string of the molecule is CCC(=O)OC(Cn1c2c(c3cc(C)ccc31)CN(C)CC2)c1ccncc1.CCCC. The average Bonchev–Trinajstić information content (AvgIpc) is 3.11. The Hall–Kier alpha value is -2.66. The maximum atomic E-state index is 12.1. The monoisotopic (exact) mass is 435 g/mol. The molecule has 0 saturated carbocycles. The third-order valence-electron chi connectivity index (χ3n) is 6.09. The molecular formula is C27H37N3O2. The van der Waals surface area contributed by atoms with Crippen LogP contribution in [0.3, 0.4) is 0 Å². The lowest BCUT2D eigenvalue weighted by atomic mass is 10.0. The van der Waals surface area contributed by atoms with Crippen LogP contribution in [-0.4, -0.2) is 34.0 Å². The molecule has 0 fully saturated rings. The molecule has 2 aromatic heterocycles. The molecule has 4 rings (SSSR count). The van der Waals surface area contributed by atoms with E-state index in [2.05, 4.69) is 60.5 Å². The van der Waals surface area contributed by atoms with Crippen molar-refractivity contribution >= 4 is 16.9 Å². The predicted octanol–water partition coefficient (Wildman–Crippen LogP) is 5.83. The van der Waals surface area contributed by atoms with Gasteiger partial charge in [0.05, 0.1) is 6.54 Å². The maximum Gasteiger partial charge on any atom is 0.306 e. The summed E-state index contributed by atoms with van der Waals surface area (Å²) in [7, 11) is 2.17. The fourth-order valence-electron chi connectivity index (χ4n) is 4.10. The molecule has 3 aromatic rings. The zero-order chi connectivity index (χ0) is 23.1. The lowest BCUT2D eigenvalue weighted by molar-refractivity contribution is -0.149. The first kappa shape index (κ1) is 24.0. The van der Waals surface area contributed by atoms with E-state index in [9.17, 15) is 4.79 Å². The van der Waals surface area contributed by atoms with E-state index in [1.54, 1.807) is 12.4 Å². The molecule has 0 spiro atoms. The van der Waals surface area contributed by atoms with Gasteiger partial charge in [0, 0.05) is 54.9 Å². The molecule has 5 heteroatoms. The first-order valence-corrected chi connectivity index (χ1v) is 11.9. The van der Waals surface area contributed by atoms with Crippen LogP contribution < -0.4 is 0 Å². The second-order valence-electron chi connectivity index (χ2n) is 8.66. The number of benzene rings is 1. The van der Waals surface area contributed by atoms with Crippen molar-refractivity contribution in [2.24, 2.45) is 0 Å². The van der Waals surface area contributed by atoms with Crippen LogP contribution in [-0.2, 0) is 29.0 Å². The summed E-state index contributed by atoms with van der Waals surface area (Å²) in [6.07, 6.45) is 7.20. The number of ether oxygens (including phenoxy) is 1. The maximum absolute atomic E-state index is 12.1. The van der Waals surface area contributed by atoms with Crippen molar-refractivity contribution in [1.82, 2.24) is 14.5 Å². The van der Waals surface area contributed by atoms with Gasteiger partial charge >= 0.3 is 5.97 Å². The normalized spacial score (nSPS) is 14.4. The molecule has 1 unspecified atom stereocenters. The van der Waals surface area contributed by atoms with E-state index in [1.807, 2.05) is 19.1 Å². The second-order valence-corrected chi connectivity index (χ2v) is 8.66. The Bertz CT molecular complexity index is 1020. The van der Waals surface area contributed by atoms with Gasteiger partial charge in [0.2, 0.25) is 0 Å². The average molecular weight is 436 g/mol. The van der Waals surface area contributed by atoms with Gasteiger partial charge < -0.3 is 14.2 Å². The van der Waals surface area contributed by atoms with Crippen molar-refractivity contribution < 1.29 is 9.53 Å². The number of aryl methyl sites for hydroxylation is 1. The third-order valence-corrected chi connectivity index (χ3v) is 6.09. The number of esters is 1. The van der Waals surface area contributed by atoms with E-state index in [1.165, 1.54) is 40.6 Å². The fourth-order valence-corrected chi connectivity index (χ4v) is 4.10. The number of carbonyl (C=O) groups excluding carboxylic acids is 1. The number of hydrogen-bond donors (Lipinski definition) is 0. The van der Waals surface area contributed by atoms with Crippen LogP contribution in [0, 0.1) is 6.92 Å². The van der Waals surface area contributed by atoms with Crippen LogP contribution >= 0.6 is 0 Å². The summed E-state index contributed by atoms with van der Waals surface area (Å²) < 4.78 is 8.21. The number of aromatic nitrogens is 2. The predicted molar refractivity (Wildman–Crippen MR) is 131 cm³/mol. The smallest absolute Gasteiger partial charge is 0.306 e. The Labute approximate surface area is 192 Å². The van der Waals surface area contributed by atoms with E-state index in [0.29, 0.717) is 13.0 Å². The van der Waals surface area contributed by atoms with Gasteiger partial charge in [0.1, 0.15) is 6.10 Å². The van der Waals surface area contributed by atoms with Crippen molar-refractivity contribution in [3.8, 4) is 0 Å². The van der Waals surface area contributed by atoms with Crippen LogP contribution in [0.15, 0.2) is 42.7 Å². The number of nitrogens with zero attached hydrogens (tertiary/aromatic N) is 3.